The van der Waals surface area contributed by atoms with Crippen LogP contribution in [0.1, 0.15) is 31.0 Å². The van der Waals surface area contributed by atoms with Crippen molar-refractivity contribution < 1.29 is 0 Å². The molecule has 1 rings (SSSR count). The average Bonchev–Trinajstić information content (AvgIpc) is 2.08. The van der Waals surface area contributed by atoms with Gasteiger partial charge in [0.15, 0.2) is 0 Å². The maximum absolute atomic E-state index is 11.1. The molecule has 1 N–H and O–H groups in total. The van der Waals surface area contributed by atoms with E-state index in [2.05, 4.69) is 10.2 Å². The number of nitrogens with zero attached hydrogens (tertiary/aromatic N) is 2. The van der Waals surface area contributed by atoms with Gasteiger partial charge in [-0.05, 0) is 12.0 Å². The third kappa shape index (κ3) is 2.15. The zero-order valence-electron chi connectivity index (χ0n) is 7.66. The van der Waals surface area contributed by atoms with Gasteiger partial charge in [-0.15, -0.1) is 0 Å². The summed E-state index contributed by atoms with van der Waals surface area (Å²) in [5.74, 6) is 0.259. The highest BCUT2D eigenvalue weighted by Gasteiger charge is 2.05. The van der Waals surface area contributed by atoms with Crippen LogP contribution >= 0.6 is 0 Å². The van der Waals surface area contributed by atoms with Crippen LogP contribution in [0.4, 0.5) is 0 Å². The van der Waals surface area contributed by atoms with Crippen molar-refractivity contribution >= 4 is 0 Å². The van der Waals surface area contributed by atoms with Gasteiger partial charge in [-0.1, -0.05) is 13.8 Å². The third-order valence-electron chi connectivity index (χ3n) is 1.76. The third-order valence-corrected chi connectivity index (χ3v) is 1.76. The lowest BCUT2D eigenvalue weighted by molar-refractivity contribution is 0.769. The smallest absolute Gasteiger partial charge is 0.268 e. The van der Waals surface area contributed by atoms with E-state index in [1.54, 1.807) is 6.07 Å². The van der Waals surface area contributed by atoms with Crippen LogP contribution in [0, 0.1) is 11.3 Å². The van der Waals surface area contributed by atoms with Crippen LogP contribution < -0.4 is 5.56 Å². The van der Waals surface area contributed by atoms with Crippen molar-refractivity contribution in [2.24, 2.45) is 0 Å². The Morgan fingerprint density at radius 2 is 2.38 bits per heavy atom. The summed E-state index contributed by atoms with van der Waals surface area (Å²) in [5.41, 5.74) is 1.03. The van der Waals surface area contributed by atoms with E-state index in [9.17, 15) is 4.79 Å². The monoisotopic (exact) mass is 177 g/mol. The molecule has 0 aliphatic heterocycles. The number of aromatic nitrogens is 2. The number of H-pyrrole nitrogens is 1. The van der Waals surface area contributed by atoms with E-state index in [-0.39, 0.29) is 17.9 Å². The molecule has 0 fully saturated rings. The predicted molar refractivity (Wildman–Crippen MR) is 48.3 cm³/mol. The first-order chi connectivity index (χ1) is 6.15. The summed E-state index contributed by atoms with van der Waals surface area (Å²) in [6, 6.07) is 3.63. The predicted octanol–water partition coefficient (Wildman–Crippen LogP) is 0.959. The van der Waals surface area contributed by atoms with Crippen LogP contribution in [0.15, 0.2) is 10.9 Å². The first-order valence-electron chi connectivity index (χ1n) is 4.10. The molecule has 0 saturated carbocycles. The molecular weight excluding hydrogens is 166 g/mol. The van der Waals surface area contributed by atoms with Crippen molar-refractivity contribution in [3.8, 4) is 6.07 Å². The molecule has 0 spiro atoms. The van der Waals surface area contributed by atoms with E-state index < -0.39 is 0 Å². The quantitative estimate of drug-likeness (QED) is 0.731. The van der Waals surface area contributed by atoms with Crippen molar-refractivity contribution in [2.45, 2.75) is 26.2 Å². The van der Waals surface area contributed by atoms with Gasteiger partial charge in [0.25, 0.3) is 5.56 Å². The normalized spacial score (nSPS) is 10.0. The number of nitriles is 1. The summed E-state index contributed by atoms with van der Waals surface area (Å²) in [6.07, 6.45) is 0.136. The molecule has 4 nitrogen and oxygen atoms in total. The first kappa shape index (κ1) is 9.46. The van der Waals surface area contributed by atoms with Crippen molar-refractivity contribution in [1.29, 1.82) is 5.26 Å². The summed E-state index contributed by atoms with van der Waals surface area (Å²) in [4.78, 5) is 11.1. The summed E-state index contributed by atoms with van der Waals surface area (Å²) in [5, 5.41) is 14.7. The fraction of sp³-hybridized carbons (Fsp3) is 0.444. The van der Waals surface area contributed by atoms with E-state index in [1.807, 2.05) is 19.9 Å². The fourth-order valence-corrected chi connectivity index (χ4v) is 0.976. The highest BCUT2D eigenvalue weighted by molar-refractivity contribution is 5.18. The molecule has 0 radical (unpaired) electrons. The minimum absolute atomic E-state index is 0.136. The molecule has 1 aromatic rings. The number of hydrogen-bond donors (Lipinski definition) is 1. The molecule has 0 atom stereocenters. The van der Waals surface area contributed by atoms with Gasteiger partial charge in [0.05, 0.1) is 18.2 Å². The molecule has 1 aromatic heterocycles. The Morgan fingerprint density at radius 1 is 1.69 bits per heavy atom. The van der Waals surface area contributed by atoms with Crippen molar-refractivity contribution in [3.63, 3.8) is 0 Å². The van der Waals surface area contributed by atoms with Crippen LogP contribution in [-0.2, 0) is 6.42 Å². The number of hydrogen-bond acceptors (Lipinski definition) is 3. The van der Waals surface area contributed by atoms with Crippen molar-refractivity contribution in [1.82, 2.24) is 10.2 Å². The Morgan fingerprint density at radius 3 is 2.92 bits per heavy atom. The summed E-state index contributed by atoms with van der Waals surface area (Å²) >= 11 is 0. The molecular formula is C9H11N3O. The van der Waals surface area contributed by atoms with Gasteiger partial charge in [-0.2, -0.15) is 10.4 Å². The molecule has 0 aromatic carbocycles. The molecule has 4 heteroatoms. The number of nitrogens with one attached hydrogen (secondary N) is 1. The zero-order chi connectivity index (χ0) is 9.84. The molecule has 0 amide bonds. The molecule has 68 valence electrons. The lowest BCUT2D eigenvalue weighted by Gasteiger charge is -2.03. The van der Waals surface area contributed by atoms with Crippen molar-refractivity contribution in [2.75, 3.05) is 0 Å². The van der Waals surface area contributed by atoms with E-state index in [0.29, 0.717) is 5.56 Å². The minimum Gasteiger partial charge on any atom is -0.268 e. The molecule has 0 unspecified atom stereocenters. The SMILES string of the molecule is CC(C)c1cc(CC#N)c(=O)[nH]n1. The minimum atomic E-state index is -0.272. The number of rotatable bonds is 2. The molecule has 0 aliphatic carbocycles. The average molecular weight is 177 g/mol. The Bertz CT molecular complexity index is 387. The van der Waals surface area contributed by atoms with Gasteiger partial charge in [0, 0.05) is 5.56 Å². The second-order valence-corrected chi connectivity index (χ2v) is 3.14. The van der Waals surface area contributed by atoms with Gasteiger partial charge >= 0.3 is 0 Å². The molecule has 0 saturated heterocycles. The lowest BCUT2D eigenvalue weighted by Crippen LogP contribution is -2.15. The second kappa shape index (κ2) is 3.85. The molecule has 0 aliphatic rings. The van der Waals surface area contributed by atoms with E-state index in [4.69, 9.17) is 5.26 Å². The summed E-state index contributed by atoms with van der Waals surface area (Å²) in [6.45, 7) is 3.97. The van der Waals surface area contributed by atoms with Crippen molar-refractivity contribution in [3.05, 3.63) is 27.7 Å². The zero-order valence-corrected chi connectivity index (χ0v) is 7.66. The Kier molecular flexibility index (Phi) is 2.80. The topological polar surface area (TPSA) is 69.5 Å². The Labute approximate surface area is 76.2 Å². The highest BCUT2D eigenvalue weighted by atomic mass is 16.1. The summed E-state index contributed by atoms with van der Waals surface area (Å²) in [7, 11) is 0. The van der Waals surface area contributed by atoms with Gasteiger partial charge in [0.1, 0.15) is 0 Å². The van der Waals surface area contributed by atoms with Gasteiger partial charge in [-0.3, -0.25) is 4.79 Å². The van der Waals surface area contributed by atoms with E-state index in [0.717, 1.165) is 5.69 Å². The van der Waals surface area contributed by atoms with Crippen LogP contribution in [-0.4, -0.2) is 10.2 Å². The van der Waals surface area contributed by atoms with Gasteiger partial charge in [0.2, 0.25) is 0 Å². The second-order valence-electron chi connectivity index (χ2n) is 3.14. The lowest BCUT2D eigenvalue weighted by atomic mass is 10.1. The maximum atomic E-state index is 11.1. The molecule has 1 heterocycles. The Balaban J connectivity index is 3.13. The largest absolute Gasteiger partial charge is 0.268 e. The Hall–Kier alpha value is -1.63. The number of aromatic amines is 1. The van der Waals surface area contributed by atoms with E-state index in [1.165, 1.54) is 0 Å². The van der Waals surface area contributed by atoms with Crippen LogP contribution in [0.5, 0.6) is 0 Å². The highest BCUT2D eigenvalue weighted by Crippen LogP contribution is 2.09. The van der Waals surface area contributed by atoms with Crippen LogP contribution in [0.25, 0.3) is 0 Å². The standard InChI is InChI=1S/C9H11N3O/c1-6(2)8-5-7(3-4-10)9(13)12-11-8/h5-6H,3H2,1-2H3,(H,12,13). The van der Waals surface area contributed by atoms with Crippen LogP contribution in [0.3, 0.4) is 0 Å². The first-order valence-corrected chi connectivity index (χ1v) is 4.10. The van der Waals surface area contributed by atoms with Gasteiger partial charge in [-0.25, -0.2) is 5.10 Å². The maximum Gasteiger partial charge on any atom is 0.268 e. The van der Waals surface area contributed by atoms with Crippen LogP contribution in [0.2, 0.25) is 0 Å². The molecule has 13 heavy (non-hydrogen) atoms. The molecule has 0 bridgehead atoms. The fourth-order valence-electron chi connectivity index (χ4n) is 0.976. The van der Waals surface area contributed by atoms with Gasteiger partial charge < -0.3 is 0 Å². The van der Waals surface area contributed by atoms with E-state index >= 15 is 0 Å². The summed E-state index contributed by atoms with van der Waals surface area (Å²) < 4.78 is 0.